The van der Waals surface area contributed by atoms with Gasteiger partial charge in [0.1, 0.15) is 36.2 Å². The quantitative estimate of drug-likeness (QED) is 0.0844. The number of hydrogen-bond acceptors (Lipinski definition) is 14. The molecule has 0 saturated carbocycles. The first-order chi connectivity index (χ1) is 16.7. The van der Waals surface area contributed by atoms with Gasteiger partial charge in [-0.3, -0.25) is 19.2 Å². The van der Waals surface area contributed by atoms with E-state index in [1.54, 1.807) is 27.7 Å². The van der Waals surface area contributed by atoms with E-state index < -0.39 is 46.8 Å². The number of ether oxygens (including phenoxy) is 6. The Morgan fingerprint density at radius 1 is 0.694 bits per heavy atom. The van der Waals surface area contributed by atoms with Crippen molar-refractivity contribution >= 4 is 96.5 Å². The maximum absolute atomic E-state index is 12.8. The Labute approximate surface area is 238 Å². The molecule has 36 heavy (non-hydrogen) atoms. The SMILES string of the molecule is CCOC(=S)SCC(=O)OCC(C)(COC(=O)CSC(=S)OCC)C(=O)OCCOC(=O)C(C)(C)Br. The molecule has 0 heterocycles. The summed E-state index contributed by atoms with van der Waals surface area (Å²) in [6, 6.07) is 0. The van der Waals surface area contributed by atoms with Gasteiger partial charge < -0.3 is 28.4 Å². The minimum absolute atomic E-state index is 0.131. The molecule has 0 saturated heterocycles. The second-order valence-electron chi connectivity index (χ2n) is 7.57. The normalized spacial score (nSPS) is 11.2. The van der Waals surface area contributed by atoms with Gasteiger partial charge in [-0.2, -0.15) is 0 Å². The summed E-state index contributed by atoms with van der Waals surface area (Å²) in [5.74, 6) is -2.92. The average Bonchev–Trinajstić information content (AvgIpc) is 2.80. The highest BCUT2D eigenvalue weighted by Gasteiger charge is 2.39. The number of rotatable bonds is 15. The molecule has 0 aliphatic heterocycles. The van der Waals surface area contributed by atoms with Gasteiger partial charge in [0.05, 0.1) is 24.7 Å². The highest BCUT2D eigenvalue weighted by molar-refractivity contribution is 9.10. The summed E-state index contributed by atoms with van der Waals surface area (Å²) in [7, 11) is 0. The number of alkyl halides is 1. The molecule has 0 atom stereocenters. The highest BCUT2D eigenvalue weighted by Crippen LogP contribution is 2.22. The van der Waals surface area contributed by atoms with Gasteiger partial charge in [-0.25, -0.2) is 0 Å². The van der Waals surface area contributed by atoms with Gasteiger partial charge in [-0.1, -0.05) is 39.5 Å². The van der Waals surface area contributed by atoms with Crippen molar-refractivity contribution in [3.8, 4) is 0 Å². The van der Waals surface area contributed by atoms with Crippen LogP contribution in [0.25, 0.3) is 0 Å². The van der Waals surface area contributed by atoms with E-state index in [-0.39, 0.29) is 33.5 Å². The third kappa shape index (κ3) is 15.8. The van der Waals surface area contributed by atoms with Crippen molar-refractivity contribution in [2.75, 3.05) is 51.1 Å². The average molecular weight is 652 g/mol. The third-order valence-corrected chi connectivity index (χ3v) is 6.51. The van der Waals surface area contributed by atoms with Crippen molar-refractivity contribution in [3.63, 3.8) is 0 Å². The van der Waals surface area contributed by atoms with Crippen LogP contribution >= 0.6 is 63.9 Å². The van der Waals surface area contributed by atoms with Crippen LogP contribution < -0.4 is 0 Å². The number of thiocarbonyl (C=S) groups is 2. The second-order valence-corrected chi connectivity index (χ2v) is 12.7. The lowest BCUT2D eigenvalue weighted by atomic mass is 9.93. The molecular formula is C21H31BrO10S4. The van der Waals surface area contributed by atoms with Gasteiger partial charge in [0, 0.05) is 0 Å². The van der Waals surface area contributed by atoms with E-state index in [1.807, 2.05) is 0 Å². The standard InChI is InChI=1S/C21H31BrO10S4/c1-6-27-18(33)35-10-14(23)31-12-21(5,13-32-15(24)11-36-19(34)28-7-2)17(26)30-9-8-29-16(25)20(3,4)22/h6-13H2,1-5H3. The van der Waals surface area contributed by atoms with Gasteiger partial charge in [-0.15, -0.1) is 0 Å². The van der Waals surface area contributed by atoms with E-state index in [0.717, 1.165) is 23.5 Å². The van der Waals surface area contributed by atoms with Crippen LogP contribution in [0.4, 0.5) is 0 Å². The van der Waals surface area contributed by atoms with Crippen molar-refractivity contribution < 1.29 is 47.6 Å². The predicted octanol–water partition coefficient (Wildman–Crippen LogP) is 3.45. The van der Waals surface area contributed by atoms with Gasteiger partial charge in [0.15, 0.2) is 0 Å². The minimum atomic E-state index is -1.53. The molecular weight excluding hydrogens is 620 g/mol. The van der Waals surface area contributed by atoms with E-state index in [0.29, 0.717) is 13.2 Å². The summed E-state index contributed by atoms with van der Waals surface area (Å²) in [5.41, 5.74) is -1.53. The molecule has 15 heteroatoms. The van der Waals surface area contributed by atoms with Crippen LogP contribution in [0, 0.1) is 5.41 Å². The van der Waals surface area contributed by atoms with Crippen molar-refractivity contribution in [2.45, 2.75) is 38.9 Å². The molecule has 0 aliphatic carbocycles. The zero-order valence-electron chi connectivity index (χ0n) is 20.8. The minimum Gasteiger partial charge on any atom is -0.479 e. The van der Waals surface area contributed by atoms with Crippen molar-refractivity contribution in [1.29, 1.82) is 0 Å². The highest BCUT2D eigenvalue weighted by atomic mass is 79.9. The Kier molecular flexibility index (Phi) is 17.6. The monoisotopic (exact) mass is 650 g/mol. The second kappa shape index (κ2) is 18.2. The molecule has 10 nitrogen and oxygen atoms in total. The van der Waals surface area contributed by atoms with E-state index in [4.69, 9.17) is 52.9 Å². The van der Waals surface area contributed by atoms with E-state index in [2.05, 4.69) is 15.9 Å². The summed E-state index contributed by atoms with van der Waals surface area (Å²) in [6.07, 6.45) is 0. The molecule has 0 aromatic carbocycles. The third-order valence-electron chi connectivity index (χ3n) is 3.77. The number of esters is 4. The largest absolute Gasteiger partial charge is 0.479 e. The first kappa shape index (κ1) is 34.8. The summed E-state index contributed by atoms with van der Waals surface area (Å²) in [6.45, 7) is 7.59. The van der Waals surface area contributed by atoms with E-state index in [1.165, 1.54) is 6.92 Å². The van der Waals surface area contributed by atoms with Gasteiger partial charge in [-0.05, 0) is 59.1 Å². The number of hydrogen-bond donors (Lipinski definition) is 0. The van der Waals surface area contributed by atoms with Gasteiger partial charge in [0.2, 0.25) is 8.77 Å². The molecule has 0 rings (SSSR count). The zero-order chi connectivity index (χ0) is 27.8. The smallest absolute Gasteiger partial charge is 0.322 e. The number of carbonyl (C=O) groups excluding carboxylic acids is 4. The molecule has 0 N–H and O–H groups in total. The van der Waals surface area contributed by atoms with E-state index in [9.17, 15) is 19.2 Å². The van der Waals surface area contributed by atoms with Crippen LogP contribution in [-0.4, -0.2) is 88.1 Å². The maximum atomic E-state index is 12.8. The lowest BCUT2D eigenvalue weighted by Crippen LogP contribution is -2.41. The summed E-state index contributed by atoms with van der Waals surface area (Å²) < 4.78 is 30.3. The molecule has 0 spiro atoms. The molecule has 0 aromatic rings. The van der Waals surface area contributed by atoms with Crippen LogP contribution in [-0.2, 0) is 47.6 Å². The fraction of sp³-hybridized carbons (Fsp3) is 0.714. The molecule has 0 aromatic heterocycles. The first-order valence-electron chi connectivity index (χ1n) is 10.7. The van der Waals surface area contributed by atoms with Crippen molar-refractivity contribution in [1.82, 2.24) is 0 Å². The molecule has 0 radical (unpaired) electrons. The van der Waals surface area contributed by atoms with Crippen LogP contribution in [0.2, 0.25) is 0 Å². The predicted molar refractivity (Wildman–Crippen MR) is 148 cm³/mol. The summed E-state index contributed by atoms with van der Waals surface area (Å²) >= 11 is 15.0. The van der Waals surface area contributed by atoms with Crippen LogP contribution in [0.5, 0.6) is 0 Å². The number of halogens is 1. The molecule has 206 valence electrons. The maximum Gasteiger partial charge on any atom is 0.322 e. The fourth-order valence-corrected chi connectivity index (χ4v) is 3.64. The topological polar surface area (TPSA) is 124 Å². The Morgan fingerprint density at radius 2 is 1.08 bits per heavy atom. The first-order valence-corrected chi connectivity index (χ1v) is 14.3. The lowest BCUT2D eigenvalue weighted by Gasteiger charge is -2.26. The summed E-state index contributed by atoms with van der Waals surface area (Å²) in [4.78, 5) is 48.8. The number of carbonyl (C=O) groups is 4. The van der Waals surface area contributed by atoms with Crippen LogP contribution in [0.3, 0.4) is 0 Å². The Morgan fingerprint density at radius 3 is 1.44 bits per heavy atom. The Bertz CT molecular complexity index is 747. The molecule has 0 bridgehead atoms. The lowest BCUT2D eigenvalue weighted by molar-refractivity contribution is -0.171. The van der Waals surface area contributed by atoms with Gasteiger partial charge in [0.25, 0.3) is 0 Å². The molecule has 0 fully saturated rings. The van der Waals surface area contributed by atoms with Crippen molar-refractivity contribution in [2.24, 2.45) is 5.41 Å². The molecule has 0 amide bonds. The zero-order valence-corrected chi connectivity index (χ0v) is 25.6. The molecule has 0 aliphatic rings. The van der Waals surface area contributed by atoms with E-state index >= 15 is 0 Å². The fourth-order valence-electron chi connectivity index (χ4n) is 1.89. The van der Waals surface area contributed by atoms with Crippen molar-refractivity contribution in [3.05, 3.63) is 0 Å². The summed E-state index contributed by atoms with van der Waals surface area (Å²) in [5, 5.41) is 0. The van der Waals surface area contributed by atoms with Crippen LogP contribution in [0.15, 0.2) is 0 Å². The van der Waals surface area contributed by atoms with Crippen LogP contribution in [0.1, 0.15) is 34.6 Å². The Hall–Kier alpha value is -1.16. The molecule has 0 unspecified atom stereocenters. The number of thioether (sulfide) groups is 2. The Balaban J connectivity index is 5.00. The van der Waals surface area contributed by atoms with Gasteiger partial charge >= 0.3 is 23.9 Å².